The van der Waals surface area contributed by atoms with Crippen LogP contribution in [0.3, 0.4) is 0 Å². The lowest BCUT2D eigenvalue weighted by Crippen LogP contribution is -2.03. The molecule has 0 aliphatic rings. The summed E-state index contributed by atoms with van der Waals surface area (Å²) in [6.45, 7) is 0.433. The number of rotatable bonds is 2. The first-order valence-electron chi connectivity index (χ1n) is 2.22. The molecule has 8 heavy (non-hydrogen) atoms. The highest BCUT2D eigenvalue weighted by Crippen LogP contribution is 2.11. The van der Waals surface area contributed by atoms with Crippen LogP contribution >= 0.6 is 0 Å². The number of allylic oxidation sites excluding steroid dienone is 1. The van der Waals surface area contributed by atoms with Crippen LogP contribution in [0.5, 0.6) is 0 Å². The average Bonchev–Trinajstić information content (AvgIpc) is 1.59. The van der Waals surface area contributed by atoms with Crippen molar-refractivity contribution >= 4 is 0 Å². The molecule has 0 heterocycles. The Hall–Kier alpha value is -0.440. The normalized spacial score (nSPS) is 13.0. The zero-order chi connectivity index (χ0) is 6.62. The molecule has 0 aromatic carbocycles. The number of hydrogen-bond donors (Lipinski definition) is 1. The smallest absolute Gasteiger partial charge is 0.263 e. The maximum atomic E-state index is 11.7. The molecular formula is C5H8F2O. The van der Waals surface area contributed by atoms with Gasteiger partial charge in [-0.1, -0.05) is 6.08 Å². The molecule has 0 aliphatic carbocycles. The predicted octanol–water partition coefficient (Wildman–Crippen LogP) is 1.19. The summed E-state index contributed by atoms with van der Waals surface area (Å²) in [6, 6.07) is 0. The van der Waals surface area contributed by atoms with E-state index in [9.17, 15) is 8.78 Å². The van der Waals surface area contributed by atoms with Crippen molar-refractivity contribution in [3.8, 4) is 0 Å². The van der Waals surface area contributed by atoms with Gasteiger partial charge in [0, 0.05) is 6.92 Å². The SMILES string of the molecule is CC(F)(F)/C=C/CO. The Labute approximate surface area is 46.6 Å². The van der Waals surface area contributed by atoms with Crippen molar-refractivity contribution in [3.63, 3.8) is 0 Å². The third-order valence-electron chi connectivity index (χ3n) is 0.516. The van der Waals surface area contributed by atoms with Crippen LogP contribution in [0.4, 0.5) is 8.78 Å². The van der Waals surface area contributed by atoms with Crippen LogP contribution < -0.4 is 0 Å². The van der Waals surface area contributed by atoms with Gasteiger partial charge in [-0.25, -0.2) is 8.78 Å². The molecule has 0 aliphatic heterocycles. The fourth-order valence-electron chi connectivity index (χ4n) is 0.260. The zero-order valence-corrected chi connectivity index (χ0v) is 4.56. The van der Waals surface area contributed by atoms with Gasteiger partial charge in [0.15, 0.2) is 0 Å². The van der Waals surface area contributed by atoms with E-state index in [1.807, 2.05) is 0 Å². The van der Waals surface area contributed by atoms with Crippen molar-refractivity contribution in [2.24, 2.45) is 0 Å². The second kappa shape index (κ2) is 2.77. The number of aliphatic hydroxyl groups is 1. The molecule has 0 aromatic heterocycles. The van der Waals surface area contributed by atoms with Crippen LogP contribution in [0.1, 0.15) is 6.92 Å². The lowest BCUT2D eigenvalue weighted by Gasteiger charge is -1.99. The second-order valence-corrected chi connectivity index (χ2v) is 1.54. The van der Waals surface area contributed by atoms with Crippen LogP contribution in [-0.4, -0.2) is 17.6 Å². The fraction of sp³-hybridized carbons (Fsp3) is 0.600. The van der Waals surface area contributed by atoms with Crippen LogP contribution in [0.25, 0.3) is 0 Å². The molecular weight excluding hydrogens is 114 g/mol. The summed E-state index contributed by atoms with van der Waals surface area (Å²) < 4.78 is 23.4. The van der Waals surface area contributed by atoms with Gasteiger partial charge in [-0.2, -0.15) is 0 Å². The molecule has 1 N–H and O–H groups in total. The van der Waals surface area contributed by atoms with E-state index in [2.05, 4.69) is 0 Å². The summed E-state index contributed by atoms with van der Waals surface area (Å²) in [4.78, 5) is 0. The van der Waals surface area contributed by atoms with E-state index in [-0.39, 0.29) is 6.61 Å². The summed E-state index contributed by atoms with van der Waals surface area (Å²) in [6.07, 6.45) is 1.67. The Balaban J connectivity index is 3.52. The van der Waals surface area contributed by atoms with E-state index in [0.717, 1.165) is 13.0 Å². The molecule has 0 fully saturated rings. The Kier molecular flexibility index (Phi) is 2.62. The molecule has 0 radical (unpaired) electrons. The van der Waals surface area contributed by atoms with Crippen LogP contribution in [0, 0.1) is 0 Å². The summed E-state index contributed by atoms with van der Waals surface area (Å²) in [5, 5.41) is 8.01. The molecule has 1 nitrogen and oxygen atoms in total. The summed E-state index contributed by atoms with van der Waals surface area (Å²) in [5.41, 5.74) is 0. The molecule has 48 valence electrons. The molecule has 0 bridgehead atoms. The van der Waals surface area contributed by atoms with Crippen molar-refractivity contribution in [1.82, 2.24) is 0 Å². The van der Waals surface area contributed by atoms with Crippen molar-refractivity contribution in [2.45, 2.75) is 12.8 Å². The van der Waals surface area contributed by atoms with Crippen molar-refractivity contribution in [3.05, 3.63) is 12.2 Å². The summed E-state index contributed by atoms with van der Waals surface area (Å²) >= 11 is 0. The topological polar surface area (TPSA) is 20.2 Å². The first-order valence-corrected chi connectivity index (χ1v) is 2.22. The van der Waals surface area contributed by atoms with Gasteiger partial charge < -0.3 is 5.11 Å². The minimum absolute atomic E-state index is 0.330. The van der Waals surface area contributed by atoms with Crippen molar-refractivity contribution in [2.75, 3.05) is 6.61 Å². The molecule has 0 unspecified atom stereocenters. The van der Waals surface area contributed by atoms with E-state index in [1.165, 1.54) is 0 Å². The van der Waals surface area contributed by atoms with E-state index < -0.39 is 5.92 Å². The van der Waals surface area contributed by atoms with Gasteiger partial charge in [-0.15, -0.1) is 0 Å². The minimum Gasteiger partial charge on any atom is -0.392 e. The standard InChI is InChI=1S/C5H8F2O/c1-5(6,7)3-2-4-8/h2-3,8H,4H2,1H3/b3-2+. The molecule has 0 spiro atoms. The second-order valence-electron chi connectivity index (χ2n) is 1.54. The van der Waals surface area contributed by atoms with Crippen molar-refractivity contribution in [1.29, 1.82) is 0 Å². The predicted molar refractivity (Wildman–Crippen MR) is 26.8 cm³/mol. The molecule has 3 heteroatoms. The zero-order valence-electron chi connectivity index (χ0n) is 4.56. The van der Waals surface area contributed by atoms with Gasteiger partial charge in [0.25, 0.3) is 5.92 Å². The van der Waals surface area contributed by atoms with Gasteiger partial charge >= 0.3 is 0 Å². The maximum Gasteiger partial charge on any atom is 0.263 e. The Morgan fingerprint density at radius 2 is 2.12 bits per heavy atom. The monoisotopic (exact) mass is 122 g/mol. The summed E-state index contributed by atoms with van der Waals surface area (Å²) in [5.74, 6) is -2.79. The quantitative estimate of drug-likeness (QED) is 0.545. The van der Waals surface area contributed by atoms with Crippen LogP contribution in [-0.2, 0) is 0 Å². The highest BCUT2D eigenvalue weighted by Gasteiger charge is 2.14. The molecule has 0 saturated heterocycles. The highest BCUT2D eigenvalue weighted by atomic mass is 19.3. The number of hydrogen-bond acceptors (Lipinski definition) is 1. The van der Waals surface area contributed by atoms with Gasteiger partial charge in [0.2, 0.25) is 0 Å². The highest BCUT2D eigenvalue weighted by molar-refractivity contribution is 4.91. The van der Waals surface area contributed by atoms with E-state index in [4.69, 9.17) is 5.11 Å². The largest absolute Gasteiger partial charge is 0.392 e. The van der Waals surface area contributed by atoms with Gasteiger partial charge in [-0.3, -0.25) is 0 Å². The number of alkyl halides is 2. The lowest BCUT2D eigenvalue weighted by atomic mass is 10.3. The van der Waals surface area contributed by atoms with Gasteiger partial charge in [-0.05, 0) is 6.08 Å². The Morgan fingerprint density at radius 1 is 1.62 bits per heavy atom. The van der Waals surface area contributed by atoms with Crippen LogP contribution in [0.2, 0.25) is 0 Å². The first kappa shape index (κ1) is 7.56. The molecule has 0 atom stereocenters. The molecule has 0 amide bonds. The minimum atomic E-state index is -2.79. The summed E-state index contributed by atoms with van der Waals surface area (Å²) in [7, 11) is 0. The van der Waals surface area contributed by atoms with E-state index in [1.54, 1.807) is 0 Å². The number of aliphatic hydroxyl groups excluding tert-OH is 1. The fourth-order valence-corrected chi connectivity index (χ4v) is 0.260. The molecule has 0 saturated carbocycles. The van der Waals surface area contributed by atoms with Gasteiger partial charge in [0.05, 0.1) is 6.61 Å². The Bertz CT molecular complexity index is 82.9. The van der Waals surface area contributed by atoms with E-state index in [0.29, 0.717) is 6.08 Å². The van der Waals surface area contributed by atoms with E-state index >= 15 is 0 Å². The maximum absolute atomic E-state index is 11.7. The molecule has 0 rings (SSSR count). The average molecular weight is 122 g/mol. The third kappa shape index (κ3) is 5.56. The van der Waals surface area contributed by atoms with Crippen LogP contribution in [0.15, 0.2) is 12.2 Å². The Morgan fingerprint density at radius 3 is 2.25 bits per heavy atom. The van der Waals surface area contributed by atoms with Crippen molar-refractivity contribution < 1.29 is 13.9 Å². The lowest BCUT2D eigenvalue weighted by molar-refractivity contribution is 0.0766. The third-order valence-corrected chi connectivity index (χ3v) is 0.516. The number of halogens is 2. The molecule has 0 aromatic rings. The van der Waals surface area contributed by atoms with Gasteiger partial charge in [0.1, 0.15) is 0 Å². The first-order chi connectivity index (χ1) is 3.56.